The minimum absolute atomic E-state index is 1.27. The molecular weight excluding hydrogens is 745 g/mol. The highest BCUT2D eigenvalue weighted by atomic mass is 14.3. The molecule has 0 heterocycles. The summed E-state index contributed by atoms with van der Waals surface area (Å²) in [5.74, 6) is 0. The number of hydrogen-bond acceptors (Lipinski definition) is 0. The van der Waals surface area contributed by atoms with Crippen molar-refractivity contribution in [1.82, 2.24) is 0 Å². The molecule has 15 rings (SSSR count). The Morgan fingerprint density at radius 2 is 0.452 bits per heavy atom. The lowest BCUT2D eigenvalue weighted by atomic mass is 9.79. The molecule has 0 heteroatoms. The first kappa shape index (κ1) is 32.8. The van der Waals surface area contributed by atoms with Crippen LogP contribution in [0.4, 0.5) is 0 Å². The predicted molar refractivity (Wildman–Crippen MR) is 266 cm³/mol. The second-order valence-corrected chi connectivity index (χ2v) is 17.4. The molecule has 0 aliphatic heterocycles. The third-order valence-corrected chi connectivity index (χ3v) is 14.5. The first-order chi connectivity index (χ1) is 30.8. The van der Waals surface area contributed by atoms with Crippen LogP contribution >= 0.6 is 0 Å². The molecule has 0 N–H and O–H groups in total. The van der Waals surface area contributed by atoms with Crippen molar-refractivity contribution in [2.75, 3.05) is 0 Å². The fourth-order valence-corrected chi connectivity index (χ4v) is 11.9. The first-order valence-electron chi connectivity index (χ1n) is 21.8. The van der Waals surface area contributed by atoms with Gasteiger partial charge in [0.15, 0.2) is 0 Å². The van der Waals surface area contributed by atoms with Crippen molar-refractivity contribution < 1.29 is 0 Å². The standard InChI is InChI=1S/C62H34/c1-3-15-37-33-55-51-29-27-49(43-23-11-25-47(57(43)51)53(55)31-35(37)13-1)59-45-21-9-10-22-46(45)60(62-42-20-8-6-18-40(42)39-17-5-7-19-41(39)61(59)62)50-28-30-52-56-34-38-16-4-2-14-36(38)32-54(56)48-26-12-24-44(50)58(48)52/h1-34H. The number of hydrogen-bond donors (Lipinski definition) is 0. The second kappa shape index (κ2) is 11.8. The van der Waals surface area contributed by atoms with Gasteiger partial charge in [-0.2, -0.15) is 0 Å². The summed E-state index contributed by atoms with van der Waals surface area (Å²) in [6.07, 6.45) is 0. The van der Waals surface area contributed by atoms with Gasteiger partial charge in [-0.3, -0.25) is 0 Å². The van der Waals surface area contributed by atoms with Gasteiger partial charge in [0.1, 0.15) is 0 Å². The third kappa shape index (κ3) is 4.12. The molecule has 0 atom stereocenters. The monoisotopic (exact) mass is 778 g/mol. The van der Waals surface area contributed by atoms with E-state index >= 15 is 0 Å². The molecule has 62 heavy (non-hydrogen) atoms. The molecule has 0 spiro atoms. The highest BCUT2D eigenvalue weighted by Crippen LogP contribution is 2.57. The van der Waals surface area contributed by atoms with E-state index in [1.807, 2.05) is 0 Å². The van der Waals surface area contributed by atoms with Crippen LogP contribution in [0.15, 0.2) is 206 Å². The van der Waals surface area contributed by atoms with E-state index in [1.54, 1.807) is 0 Å². The average molecular weight is 779 g/mol. The summed E-state index contributed by atoms with van der Waals surface area (Å²) in [6.45, 7) is 0. The highest BCUT2D eigenvalue weighted by Gasteiger charge is 2.29. The second-order valence-electron chi connectivity index (χ2n) is 17.4. The first-order valence-corrected chi connectivity index (χ1v) is 21.8. The zero-order chi connectivity index (χ0) is 40.2. The van der Waals surface area contributed by atoms with E-state index in [1.165, 1.54) is 153 Å². The van der Waals surface area contributed by atoms with Crippen molar-refractivity contribution in [1.29, 1.82) is 0 Å². The molecule has 0 amide bonds. The van der Waals surface area contributed by atoms with Crippen LogP contribution in [-0.2, 0) is 0 Å². The third-order valence-electron chi connectivity index (χ3n) is 14.5. The van der Waals surface area contributed by atoms with Crippen LogP contribution in [0, 0.1) is 0 Å². The van der Waals surface area contributed by atoms with Crippen LogP contribution in [0.1, 0.15) is 0 Å². The van der Waals surface area contributed by atoms with Crippen LogP contribution in [0.3, 0.4) is 0 Å². The summed E-state index contributed by atoms with van der Waals surface area (Å²) in [4.78, 5) is 0. The molecule has 2 aliphatic rings. The lowest BCUT2D eigenvalue weighted by Crippen LogP contribution is -1.95. The Hall–Kier alpha value is -8.06. The Labute approximate surface area is 357 Å². The van der Waals surface area contributed by atoms with Gasteiger partial charge in [0, 0.05) is 0 Å². The van der Waals surface area contributed by atoms with E-state index in [2.05, 4.69) is 206 Å². The van der Waals surface area contributed by atoms with Crippen molar-refractivity contribution in [3.63, 3.8) is 0 Å². The van der Waals surface area contributed by atoms with Crippen molar-refractivity contribution in [3.05, 3.63) is 206 Å². The quantitative estimate of drug-likeness (QED) is 0.121. The summed E-state index contributed by atoms with van der Waals surface area (Å²) in [6, 6.07) is 78.2. The molecule has 13 aromatic carbocycles. The van der Waals surface area contributed by atoms with Gasteiger partial charge in [-0.05, 0) is 177 Å². The largest absolute Gasteiger partial charge is 0.0616 e. The van der Waals surface area contributed by atoms with E-state index < -0.39 is 0 Å². The highest BCUT2D eigenvalue weighted by molar-refractivity contribution is 6.39. The molecule has 282 valence electrons. The van der Waals surface area contributed by atoms with Gasteiger partial charge in [-0.1, -0.05) is 182 Å². The zero-order valence-corrected chi connectivity index (χ0v) is 33.6. The summed E-state index contributed by atoms with van der Waals surface area (Å²) < 4.78 is 0. The molecule has 0 bridgehead atoms. The molecule has 0 nitrogen and oxygen atoms in total. The van der Waals surface area contributed by atoms with E-state index in [0.717, 1.165) is 0 Å². The van der Waals surface area contributed by atoms with Crippen molar-refractivity contribution in [2.24, 2.45) is 0 Å². The maximum Gasteiger partial charge on any atom is -0.000741 e. The van der Waals surface area contributed by atoms with Crippen LogP contribution in [0.2, 0.25) is 0 Å². The number of fused-ring (bicyclic) bond motifs is 15. The van der Waals surface area contributed by atoms with Gasteiger partial charge in [-0.25, -0.2) is 0 Å². The van der Waals surface area contributed by atoms with Gasteiger partial charge in [-0.15, -0.1) is 0 Å². The maximum absolute atomic E-state index is 2.43. The smallest absolute Gasteiger partial charge is 0.000741 e. The van der Waals surface area contributed by atoms with Crippen LogP contribution in [-0.4, -0.2) is 0 Å². The Kier molecular flexibility index (Phi) is 6.24. The topological polar surface area (TPSA) is 0 Å². The van der Waals surface area contributed by atoms with E-state index in [0.29, 0.717) is 0 Å². The van der Waals surface area contributed by atoms with Crippen LogP contribution in [0.25, 0.3) is 153 Å². The molecule has 2 aliphatic carbocycles. The van der Waals surface area contributed by atoms with Crippen LogP contribution < -0.4 is 0 Å². The van der Waals surface area contributed by atoms with Gasteiger partial charge < -0.3 is 0 Å². The fraction of sp³-hybridized carbons (Fsp3) is 0. The van der Waals surface area contributed by atoms with Crippen molar-refractivity contribution in [3.8, 4) is 66.8 Å². The molecule has 0 unspecified atom stereocenters. The predicted octanol–water partition coefficient (Wildman–Crippen LogP) is 17.5. The minimum atomic E-state index is 1.27. The lowest BCUT2D eigenvalue weighted by molar-refractivity contribution is 1.71. The Balaban J connectivity index is 1.11. The summed E-state index contributed by atoms with van der Waals surface area (Å²) in [7, 11) is 0. The number of benzene rings is 13. The van der Waals surface area contributed by atoms with Gasteiger partial charge in [0.2, 0.25) is 0 Å². The molecule has 0 saturated heterocycles. The summed E-state index contributed by atoms with van der Waals surface area (Å²) >= 11 is 0. The Morgan fingerprint density at radius 1 is 0.161 bits per heavy atom. The molecule has 13 aromatic rings. The number of rotatable bonds is 2. The fourth-order valence-electron chi connectivity index (χ4n) is 11.9. The molecule has 0 radical (unpaired) electrons. The van der Waals surface area contributed by atoms with Gasteiger partial charge >= 0.3 is 0 Å². The Morgan fingerprint density at radius 3 is 0.839 bits per heavy atom. The van der Waals surface area contributed by atoms with Gasteiger partial charge in [0.25, 0.3) is 0 Å². The van der Waals surface area contributed by atoms with Crippen LogP contribution in [0.5, 0.6) is 0 Å². The zero-order valence-electron chi connectivity index (χ0n) is 33.6. The summed E-state index contributed by atoms with van der Waals surface area (Å²) in [5.41, 5.74) is 15.7. The Bertz CT molecular complexity index is 3830. The summed E-state index contributed by atoms with van der Waals surface area (Å²) in [5, 5.41) is 20.7. The molecule has 0 saturated carbocycles. The van der Waals surface area contributed by atoms with Crippen molar-refractivity contribution in [2.45, 2.75) is 0 Å². The SMILES string of the molecule is c1ccc2cc3c(cc2c1)-c1cccc2c(-c4c5ccccc5c(-c5ccc6c7c(cccc57)-c5cc7ccccc7cc5-6)c5c6ccccc6c6ccccc6c45)ccc-3c12. The van der Waals surface area contributed by atoms with Gasteiger partial charge in [0.05, 0.1) is 0 Å². The molecular formula is C62H34. The lowest BCUT2D eigenvalue weighted by Gasteiger charge is -2.23. The average Bonchev–Trinajstić information content (AvgIpc) is 3.82. The maximum atomic E-state index is 2.43. The van der Waals surface area contributed by atoms with Crippen molar-refractivity contribution >= 4 is 86.2 Å². The van der Waals surface area contributed by atoms with E-state index in [9.17, 15) is 0 Å². The molecule has 0 fully saturated rings. The normalized spacial score (nSPS) is 12.5. The molecule has 0 aromatic heterocycles. The van der Waals surface area contributed by atoms with E-state index in [4.69, 9.17) is 0 Å². The minimum Gasteiger partial charge on any atom is -0.0616 e. The van der Waals surface area contributed by atoms with E-state index in [-0.39, 0.29) is 0 Å².